The van der Waals surface area contributed by atoms with Crippen molar-refractivity contribution in [3.8, 4) is 0 Å². The minimum absolute atomic E-state index is 0. The number of carbonyl (C=O) groups is 1. The summed E-state index contributed by atoms with van der Waals surface area (Å²) in [5.41, 5.74) is -1.48. The van der Waals surface area contributed by atoms with Gasteiger partial charge in [0.1, 0.15) is 0 Å². The second-order valence-electron chi connectivity index (χ2n) is 2.27. The van der Waals surface area contributed by atoms with Crippen LogP contribution in [0.4, 0.5) is 0 Å². The Bertz CT molecular complexity index is 299. The number of hydrogen-bond acceptors (Lipinski definition) is 4. The molecule has 0 aliphatic carbocycles. The Hall–Kier alpha value is 0.120. The molecule has 0 aromatic carbocycles. The first-order valence-corrected chi connectivity index (χ1v) is 4.58. The quantitative estimate of drug-likeness (QED) is 0.244. The summed E-state index contributed by atoms with van der Waals surface area (Å²) in [5.74, 6) is -0.847. The number of rotatable bonds is 3. The fourth-order valence-electron chi connectivity index (χ4n) is 0.312. The molecule has 0 bridgehead atoms. The minimum atomic E-state index is -4.32. The first kappa shape index (κ1) is 15.6. The van der Waals surface area contributed by atoms with E-state index in [4.69, 9.17) is 4.55 Å². The van der Waals surface area contributed by atoms with Gasteiger partial charge in [0.05, 0.1) is 0 Å². The molecular weight excluding hydrogens is 207 g/mol. The molecule has 1 unspecified atom stereocenters. The monoisotopic (exact) mass is 218 g/mol. The van der Waals surface area contributed by atoms with Crippen LogP contribution in [0, 0.1) is 0 Å². The molecule has 0 saturated carbocycles. The second-order valence-corrected chi connectivity index (χ2v) is 3.96. The molecule has 0 aromatic heterocycles. The van der Waals surface area contributed by atoms with Gasteiger partial charge in [-0.3, -0.25) is 4.55 Å². The van der Waals surface area contributed by atoms with Gasteiger partial charge in [0, 0.05) is 5.57 Å². The molecular formula is C6H11NaO5S. The van der Waals surface area contributed by atoms with Crippen molar-refractivity contribution in [1.82, 2.24) is 0 Å². The van der Waals surface area contributed by atoms with Crippen LogP contribution >= 0.6 is 0 Å². The van der Waals surface area contributed by atoms with Gasteiger partial charge in [-0.25, -0.2) is 4.79 Å². The molecule has 7 heteroatoms. The molecule has 0 aromatic rings. The molecule has 0 spiro atoms. The second kappa shape index (κ2) is 5.77. The summed E-state index contributed by atoms with van der Waals surface area (Å²) >= 11 is 0. The van der Waals surface area contributed by atoms with Crippen molar-refractivity contribution in [2.75, 3.05) is 0 Å². The van der Waals surface area contributed by atoms with E-state index in [9.17, 15) is 13.2 Å². The van der Waals surface area contributed by atoms with Crippen LogP contribution in [0.5, 0.6) is 0 Å². The van der Waals surface area contributed by atoms with Crippen molar-refractivity contribution < 1.29 is 53.5 Å². The van der Waals surface area contributed by atoms with Crippen LogP contribution in [0.15, 0.2) is 12.2 Å². The van der Waals surface area contributed by atoms with E-state index in [0.717, 1.165) is 6.92 Å². The number of ether oxygens (including phenoxy) is 1. The van der Waals surface area contributed by atoms with Gasteiger partial charge in [-0.05, 0) is 13.8 Å². The number of esters is 1. The SMILES string of the molecule is C=C(C)C(=O)OC(C)S(=O)(=O)O.[H-].[Na+]. The van der Waals surface area contributed by atoms with Gasteiger partial charge in [0.15, 0.2) is 0 Å². The smallest absolute Gasteiger partial charge is 1.00 e. The fraction of sp³-hybridized carbons (Fsp3) is 0.500. The summed E-state index contributed by atoms with van der Waals surface area (Å²) in [6.07, 6.45) is 0. The summed E-state index contributed by atoms with van der Waals surface area (Å²) in [6.45, 7) is 5.66. The van der Waals surface area contributed by atoms with Gasteiger partial charge in [0.2, 0.25) is 5.44 Å². The molecule has 5 nitrogen and oxygen atoms in total. The Kier molecular flexibility index (Phi) is 6.91. The molecule has 72 valence electrons. The number of hydrogen-bond donors (Lipinski definition) is 1. The maximum absolute atomic E-state index is 10.7. The Labute approximate surface area is 101 Å². The van der Waals surface area contributed by atoms with E-state index >= 15 is 0 Å². The zero-order chi connectivity index (χ0) is 9.94. The molecule has 0 saturated heterocycles. The predicted molar refractivity (Wildman–Crippen MR) is 43.0 cm³/mol. The first-order valence-electron chi connectivity index (χ1n) is 3.08. The van der Waals surface area contributed by atoms with E-state index in [1.165, 1.54) is 6.92 Å². The van der Waals surface area contributed by atoms with E-state index < -0.39 is 21.5 Å². The number of carbonyl (C=O) groups excluding carboxylic acids is 1. The van der Waals surface area contributed by atoms with E-state index in [0.29, 0.717) is 0 Å². The van der Waals surface area contributed by atoms with Crippen molar-refractivity contribution in [2.24, 2.45) is 0 Å². The van der Waals surface area contributed by atoms with Crippen LogP contribution in [0.25, 0.3) is 0 Å². The normalized spacial score (nSPS) is 12.5. The Morgan fingerprint density at radius 1 is 1.62 bits per heavy atom. The molecule has 1 N–H and O–H groups in total. The van der Waals surface area contributed by atoms with Gasteiger partial charge in [-0.1, -0.05) is 6.58 Å². The molecule has 13 heavy (non-hydrogen) atoms. The van der Waals surface area contributed by atoms with Crippen molar-refractivity contribution >= 4 is 16.1 Å². The summed E-state index contributed by atoms with van der Waals surface area (Å²) < 4.78 is 33.4. The van der Waals surface area contributed by atoms with Crippen molar-refractivity contribution in [3.05, 3.63) is 12.2 Å². The van der Waals surface area contributed by atoms with E-state index in [1.807, 2.05) is 0 Å². The molecule has 0 aliphatic rings. The molecule has 0 heterocycles. The van der Waals surface area contributed by atoms with Gasteiger partial charge in [0.25, 0.3) is 0 Å². The largest absolute Gasteiger partial charge is 1.00 e. The molecule has 0 fully saturated rings. The minimum Gasteiger partial charge on any atom is -1.00 e. The first-order chi connectivity index (χ1) is 5.25. The average molecular weight is 218 g/mol. The van der Waals surface area contributed by atoms with Crippen molar-refractivity contribution in [2.45, 2.75) is 19.3 Å². The van der Waals surface area contributed by atoms with Crippen LogP contribution in [0.1, 0.15) is 15.3 Å². The van der Waals surface area contributed by atoms with Gasteiger partial charge < -0.3 is 6.16 Å². The van der Waals surface area contributed by atoms with Crippen LogP contribution in [0.3, 0.4) is 0 Å². The fourth-order valence-corrected chi connectivity index (χ4v) is 0.521. The van der Waals surface area contributed by atoms with Crippen molar-refractivity contribution in [3.63, 3.8) is 0 Å². The van der Waals surface area contributed by atoms with Gasteiger partial charge in [-0.2, -0.15) is 8.42 Å². The van der Waals surface area contributed by atoms with Crippen LogP contribution in [-0.2, 0) is 19.6 Å². The van der Waals surface area contributed by atoms with Crippen molar-refractivity contribution in [1.29, 1.82) is 0 Å². The summed E-state index contributed by atoms with van der Waals surface area (Å²) in [6, 6.07) is 0. The van der Waals surface area contributed by atoms with Crippen LogP contribution in [-0.4, -0.2) is 24.4 Å². The molecule has 0 rings (SSSR count). The Balaban J connectivity index is -0.000000605. The third-order valence-corrected chi connectivity index (χ3v) is 1.98. The molecule has 0 aliphatic heterocycles. The van der Waals surface area contributed by atoms with Gasteiger partial charge in [-0.15, -0.1) is 0 Å². The predicted octanol–water partition coefficient (Wildman–Crippen LogP) is -2.54. The maximum atomic E-state index is 10.7. The van der Waals surface area contributed by atoms with Crippen LogP contribution in [0.2, 0.25) is 0 Å². The molecule has 0 radical (unpaired) electrons. The van der Waals surface area contributed by atoms with E-state index in [2.05, 4.69) is 11.3 Å². The summed E-state index contributed by atoms with van der Waals surface area (Å²) in [7, 11) is -4.32. The summed E-state index contributed by atoms with van der Waals surface area (Å²) in [4.78, 5) is 10.7. The zero-order valence-corrected chi connectivity index (χ0v) is 10.6. The Morgan fingerprint density at radius 2 is 2.00 bits per heavy atom. The topological polar surface area (TPSA) is 80.7 Å². The Morgan fingerprint density at radius 3 is 2.23 bits per heavy atom. The third-order valence-electron chi connectivity index (χ3n) is 1.04. The van der Waals surface area contributed by atoms with Crippen LogP contribution < -0.4 is 29.6 Å². The third kappa shape index (κ3) is 6.23. The van der Waals surface area contributed by atoms with Gasteiger partial charge >= 0.3 is 45.6 Å². The summed E-state index contributed by atoms with van der Waals surface area (Å²) in [5, 5.41) is 0. The standard InChI is InChI=1S/C6H10O5S.Na.H/c1-4(2)6(7)11-5(3)12(8,9)10;;/h5H,1H2,2-3H3,(H,8,9,10);;/q;+1;-1. The average Bonchev–Trinajstić information content (AvgIpc) is 1.85. The maximum Gasteiger partial charge on any atom is 1.00 e. The molecule has 1 atom stereocenters. The van der Waals surface area contributed by atoms with E-state index in [-0.39, 0.29) is 36.6 Å². The molecule has 0 amide bonds. The van der Waals surface area contributed by atoms with E-state index in [1.54, 1.807) is 0 Å². The zero-order valence-electron chi connectivity index (χ0n) is 8.77.